The van der Waals surface area contributed by atoms with Crippen molar-refractivity contribution in [1.29, 1.82) is 0 Å². The standard InChI is InChI=1S/C28H56N2O7/c1-25(31)19-30-15-13-29(14-16-30)12-8-6-7-9-28(37-23-27(21-35-5)11-18-33-3)24-36-22-26(20-34-4)10-17-32-2/h26-28H,6-24H2,1-5H3. The van der Waals surface area contributed by atoms with Crippen molar-refractivity contribution in [2.45, 2.75) is 51.6 Å². The Morgan fingerprint density at radius 2 is 1.27 bits per heavy atom. The molecule has 1 fully saturated rings. The maximum atomic E-state index is 11.3. The van der Waals surface area contributed by atoms with Gasteiger partial charge in [-0.05, 0) is 39.2 Å². The zero-order valence-electron chi connectivity index (χ0n) is 24.4. The summed E-state index contributed by atoms with van der Waals surface area (Å²) >= 11 is 0. The molecule has 1 rings (SSSR count). The number of hydrogen-bond acceptors (Lipinski definition) is 9. The first-order valence-electron chi connectivity index (χ1n) is 14.1. The predicted molar refractivity (Wildman–Crippen MR) is 146 cm³/mol. The molecular formula is C28H56N2O7. The van der Waals surface area contributed by atoms with Gasteiger partial charge in [0, 0.05) is 79.7 Å². The molecule has 1 saturated heterocycles. The Morgan fingerprint density at radius 3 is 1.84 bits per heavy atom. The lowest BCUT2D eigenvalue weighted by molar-refractivity contribution is -0.118. The molecule has 0 saturated carbocycles. The fourth-order valence-corrected chi connectivity index (χ4v) is 4.69. The van der Waals surface area contributed by atoms with Crippen molar-refractivity contribution in [3.05, 3.63) is 0 Å². The van der Waals surface area contributed by atoms with E-state index in [9.17, 15) is 4.79 Å². The van der Waals surface area contributed by atoms with Crippen LogP contribution in [0, 0.1) is 11.8 Å². The van der Waals surface area contributed by atoms with Crippen LogP contribution in [0.15, 0.2) is 0 Å². The molecule has 220 valence electrons. The average molecular weight is 533 g/mol. The average Bonchev–Trinajstić information content (AvgIpc) is 2.88. The summed E-state index contributed by atoms with van der Waals surface area (Å²) < 4.78 is 33.7. The molecule has 0 radical (unpaired) electrons. The van der Waals surface area contributed by atoms with Crippen LogP contribution in [-0.4, -0.2) is 136 Å². The van der Waals surface area contributed by atoms with Crippen LogP contribution in [0.5, 0.6) is 0 Å². The second kappa shape index (κ2) is 23.3. The van der Waals surface area contributed by atoms with Gasteiger partial charge in [-0.1, -0.05) is 12.8 Å². The molecule has 0 amide bonds. The molecule has 0 aromatic heterocycles. The molecule has 1 aliphatic rings. The Kier molecular flexibility index (Phi) is 21.6. The number of ether oxygens (including phenoxy) is 6. The van der Waals surface area contributed by atoms with Crippen molar-refractivity contribution in [3.8, 4) is 0 Å². The van der Waals surface area contributed by atoms with E-state index in [2.05, 4.69) is 9.80 Å². The van der Waals surface area contributed by atoms with E-state index < -0.39 is 0 Å². The smallest absolute Gasteiger partial charge is 0.143 e. The fraction of sp³-hybridized carbons (Fsp3) is 0.964. The number of rotatable bonds is 25. The summed E-state index contributed by atoms with van der Waals surface area (Å²) in [5.74, 6) is 0.896. The number of hydrogen-bond donors (Lipinski definition) is 0. The molecular weight excluding hydrogens is 476 g/mol. The summed E-state index contributed by atoms with van der Waals surface area (Å²) in [6.07, 6.45) is 6.39. The van der Waals surface area contributed by atoms with Crippen LogP contribution < -0.4 is 0 Å². The third-order valence-electron chi connectivity index (χ3n) is 6.90. The van der Waals surface area contributed by atoms with Crippen molar-refractivity contribution >= 4 is 5.78 Å². The maximum absolute atomic E-state index is 11.3. The van der Waals surface area contributed by atoms with E-state index in [4.69, 9.17) is 28.4 Å². The summed E-state index contributed by atoms with van der Waals surface area (Å²) in [5.41, 5.74) is 0. The number of ketones is 1. The number of Topliss-reactive ketones (excluding diaryl/α,β-unsaturated/α-hetero) is 1. The largest absolute Gasteiger partial charge is 0.385 e. The molecule has 0 N–H and O–H groups in total. The van der Waals surface area contributed by atoms with Gasteiger partial charge in [-0.2, -0.15) is 0 Å². The van der Waals surface area contributed by atoms with Gasteiger partial charge in [0.25, 0.3) is 0 Å². The van der Waals surface area contributed by atoms with Gasteiger partial charge < -0.3 is 33.3 Å². The van der Waals surface area contributed by atoms with E-state index in [0.717, 1.165) is 58.4 Å². The first-order valence-corrected chi connectivity index (χ1v) is 14.1. The lowest BCUT2D eigenvalue weighted by atomic mass is 10.1. The Hall–Kier alpha value is -0.650. The summed E-state index contributed by atoms with van der Waals surface area (Å²) in [4.78, 5) is 16.1. The summed E-state index contributed by atoms with van der Waals surface area (Å²) in [6.45, 7) is 12.1. The van der Waals surface area contributed by atoms with Crippen LogP contribution in [0.25, 0.3) is 0 Å². The molecule has 37 heavy (non-hydrogen) atoms. The van der Waals surface area contributed by atoms with E-state index in [1.165, 1.54) is 12.8 Å². The third-order valence-corrected chi connectivity index (χ3v) is 6.90. The highest BCUT2D eigenvalue weighted by Gasteiger charge is 2.18. The van der Waals surface area contributed by atoms with E-state index in [1.54, 1.807) is 35.4 Å². The fourth-order valence-electron chi connectivity index (χ4n) is 4.69. The minimum Gasteiger partial charge on any atom is -0.385 e. The van der Waals surface area contributed by atoms with Gasteiger partial charge in [0.1, 0.15) is 5.78 Å². The van der Waals surface area contributed by atoms with E-state index >= 15 is 0 Å². The molecule has 0 aliphatic carbocycles. The number of unbranched alkanes of at least 4 members (excludes halogenated alkanes) is 2. The molecule has 1 aliphatic heterocycles. The van der Waals surface area contributed by atoms with Gasteiger partial charge in [-0.25, -0.2) is 0 Å². The Bertz CT molecular complexity index is 533. The highest BCUT2D eigenvalue weighted by atomic mass is 16.5. The second-order valence-corrected chi connectivity index (χ2v) is 10.4. The topological polar surface area (TPSA) is 78.9 Å². The molecule has 1 heterocycles. The highest BCUT2D eigenvalue weighted by molar-refractivity contribution is 5.77. The van der Waals surface area contributed by atoms with Gasteiger partial charge in [-0.15, -0.1) is 0 Å². The highest BCUT2D eigenvalue weighted by Crippen LogP contribution is 2.14. The first kappa shape index (κ1) is 34.4. The molecule has 9 heteroatoms. The Morgan fingerprint density at radius 1 is 0.676 bits per heavy atom. The first-order chi connectivity index (χ1) is 18.0. The SMILES string of the molecule is COCCC(COC)COCC(CCCCCN1CCN(CC(C)=O)CC1)OCC(CCOC)COC. The van der Waals surface area contributed by atoms with Gasteiger partial charge in [0.05, 0.1) is 45.7 Å². The van der Waals surface area contributed by atoms with Crippen LogP contribution >= 0.6 is 0 Å². The molecule has 3 unspecified atom stereocenters. The zero-order chi connectivity index (χ0) is 27.1. The van der Waals surface area contributed by atoms with Crippen molar-refractivity contribution in [2.24, 2.45) is 11.8 Å². The van der Waals surface area contributed by atoms with Gasteiger partial charge in [0.15, 0.2) is 0 Å². The number of carbonyl (C=O) groups is 1. The third kappa shape index (κ3) is 18.3. The maximum Gasteiger partial charge on any atom is 0.143 e. The molecule has 0 bridgehead atoms. The number of piperazine rings is 1. The van der Waals surface area contributed by atoms with Crippen LogP contribution in [0.2, 0.25) is 0 Å². The van der Waals surface area contributed by atoms with Crippen molar-refractivity contribution < 1.29 is 33.2 Å². The lowest BCUT2D eigenvalue weighted by Crippen LogP contribution is -2.47. The van der Waals surface area contributed by atoms with Crippen LogP contribution in [0.1, 0.15) is 45.4 Å². The quantitative estimate of drug-likeness (QED) is 0.165. The monoisotopic (exact) mass is 532 g/mol. The zero-order valence-corrected chi connectivity index (χ0v) is 24.4. The van der Waals surface area contributed by atoms with E-state index in [1.807, 2.05) is 0 Å². The van der Waals surface area contributed by atoms with Gasteiger partial charge >= 0.3 is 0 Å². The summed E-state index contributed by atoms with van der Waals surface area (Å²) in [5, 5.41) is 0. The normalized spacial score (nSPS) is 17.6. The number of carbonyl (C=O) groups excluding carboxylic acids is 1. The Balaban J connectivity index is 2.41. The van der Waals surface area contributed by atoms with Crippen molar-refractivity contribution in [2.75, 3.05) is 114 Å². The van der Waals surface area contributed by atoms with Crippen LogP contribution in [0.3, 0.4) is 0 Å². The molecule has 0 spiro atoms. The Labute approximate surface area is 226 Å². The van der Waals surface area contributed by atoms with Crippen molar-refractivity contribution in [3.63, 3.8) is 0 Å². The molecule has 0 aromatic carbocycles. The van der Waals surface area contributed by atoms with E-state index in [0.29, 0.717) is 64.6 Å². The van der Waals surface area contributed by atoms with Crippen LogP contribution in [-0.2, 0) is 33.2 Å². The van der Waals surface area contributed by atoms with Crippen LogP contribution in [0.4, 0.5) is 0 Å². The van der Waals surface area contributed by atoms with E-state index in [-0.39, 0.29) is 11.9 Å². The molecule has 9 nitrogen and oxygen atoms in total. The predicted octanol–water partition coefficient (Wildman–Crippen LogP) is 2.75. The van der Waals surface area contributed by atoms with Gasteiger partial charge in [-0.3, -0.25) is 9.69 Å². The number of methoxy groups -OCH3 is 4. The molecule has 3 atom stereocenters. The van der Waals surface area contributed by atoms with Crippen molar-refractivity contribution in [1.82, 2.24) is 9.80 Å². The summed E-state index contributed by atoms with van der Waals surface area (Å²) in [6, 6.07) is 0. The minimum atomic E-state index is 0.0719. The lowest BCUT2D eigenvalue weighted by Gasteiger charge is -2.34. The minimum absolute atomic E-state index is 0.0719. The van der Waals surface area contributed by atoms with Gasteiger partial charge in [0.2, 0.25) is 0 Å². The summed E-state index contributed by atoms with van der Waals surface area (Å²) in [7, 11) is 6.92. The number of nitrogens with zero attached hydrogens (tertiary/aromatic N) is 2. The second-order valence-electron chi connectivity index (χ2n) is 10.4. The molecule has 0 aromatic rings.